The number of hydrogen-bond donors (Lipinski definition) is 0. The lowest BCUT2D eigenvalue weighted by molar-refractivity contribution is -0.125. The van der Waals surface area contributed by atoms with Gasteiger partial charge in [-0.3, -0.25) is 4.79 Å². The molecule has 3 fully saturated rings. The Balaban J connectivity index is 1.84. The molecule has 3 aliphatic rings. The molecule has 2 aliphatic heterocycles. The first-order chi connectivity index (χ1) is 10.8. The first-order valence-electron chi connectivity index (χ1n) is 8.25. The fourth-order valence-corrected chi connectivity index (χ4v) is 4.23. The van der Waals surface area contributed by atoms with E-state index in [0.717, 1.165) is 19.3 Å². The lowest BCUT2D eigenvalue weighted by Crippen LogP contribution is -2.48. The van der Waals surface area contributed by atoms with Crippen molar-refractivity contribution in [2.24, 2.45) is 5.92 Å². The minimum absolute atomic E-state index is 0.140. The Kier molecular flexibility index (Phi) is 3.45. The van der Waals surface area contributed by atoms with Crippen molar-refractivity contribution < 1.29 is 4.79 Å². The smallest absolute Gasteiger partial charge is 0.140 e. The molecule has 0 unspecified atom stereocenters. The minimum Gasteiger partial charge on any atom is -0.360 e. The van der Waals surface area contributed by atoms with Crippen molar-refractivity contribution in [3.8, 4) is 0 Å². The number of rotatable bonds is 2. The Morgan fingerprint density at radius 2 is 1.55 bits per heavy atom. The lowest BCUT2D eigenvalue weighted by atomic mass is 9.81. The van der Waals surface area contributed by atoms with Crippen LogP contribution in [0.25, 0.3) is 0 Å². The van der Waals surface area contributed by atoms with E-state index in [-0.39, 0.29) is 12.0 Å². The SMILES string of the molecule is O=C1C[C@H]2CCC[C@@H]1[C@@H](c1ccccc1)N2c1ccccc1. The van der Waals surface area contributed by atoms with Crippen LogP contribution < -0.4 is 4.90 Å². The van der Waals surface area contributed by atoms with Crippen LogP contribution in [0.3, 0.4) is 0 Å². The van der Waals surface area contributed by atoms with Gasteiger partial charge in [-0.25, -0.2) is 0 Å². The van der Waals surface area contributed by atoms with Crippen LogP contribution in [0.1, 0.15) is 37.3 Å². The second kappa shape index (κ2) is 5.60. The standard InChI is InChI=1S/C20H21NO/c22-19-14-17-12-7-13-18(19)20(15-8-3-1-4-9-15)21(17)16-10-5-2-6-11-16/h1-6,8-11,17-18,20H,7,12-14H2/t17-,18+,20-/m1/s1. The summed E-state index contributed by atoms with van der Waals surface area (Å²) in [5, 5.41) is 0. The zero-order valence-corrected chi connectivity index (χ0v) is 12.7. The number of anilines is 1. The van der Waals surface area contributed by atoms with Gasteiger partial charge in [0.05, 0.1) is 6.04 Å². The van der Waals surface area contributed by atoms with Crippen molar-refractivity contribution in [1.29, 1.82) is 0 Å². The van der Waals surface area contributed by atoms with Crippen molar-refractivity contribution in [2.45, 2.75) is 37.8 Å². The van der Waals surface area contributed by atoms with Gasteiger partial charge < -0.3 is 4.90 Å². The van der Waals surface area contributed by atoms with Crippen molar-refractivity contribution in [1.82, 2.24) is 0 Å². The van der Waals surface area contributed by atoms with E-state index in [1.807, 2.05) is 6.07 Å². The number of carbonyl (C=O) groups excluding carboxylic acids is 1. The molecule has 2 saturated heterocycles. The van der Waals surface area contributed by atoms with Crippen LogP contribution >= 0.6 is 0 Å². The van der Waals surface area contributed by atoms with Crippen molar-refractivity contribution in [3.05, 3.63) is 66.2 Å². The van der Waals surface area contributed by atoms with E-state index in [1.165, 1.54) is 11.3 Å². The Bertz CT molecular complexity index is 652. The van der Waals surface area contributed by atoms with Gasteiger partial charge in [0.2, 0.25) is 0 Å². The maximum Gasteiger partial charge on any atom is 0.140 e. The molecule has 0 aromatic heterocycles. The number of Topliss-reactive ketones (excluding diaryl/α,β-unsaturated/α-hetero) is 1. The summed E-state index contributed by atoms with van der Waals surface area (Å²) in [7, 11) is 0. The molecule has 112 valence electrons. The first-order valence-corrected chi connectivity index (χ1v) is 8.25. The molecule has 3 atom stereocenters. The third-order valence-electron chi connectivity index (χ3n) is 5.17. The normalized spacial score (nSPS) is 27.7. The number of piperidine rings is 1. The number of hydrogen-bond acceptors (Lipinski definition) is 2. The van der Waals surface area contributed by atoms with Gasteiger partial charge >= 0.3 is 0 Å². The molecule has 1 aliphatic carbocycles. The number of benzene rings is 2. The van der Waals surface area contributed by atoms with Gasteiger partial charge in [0.15, 0.2) is 0 Å². The Hall–Kier alpha value is -2.09. The van der Waals surface area contributed by atoms with Gasteiger partial charge in [-0.15, -0.1) is 0 Å². The van der Waals surface area contributed by atoms with Crippen molar-refractivity contribution in [2.75, 3.05) is 4.90 Å². The maximum atomic E-state index is 12.6. The topological polar surface area (TPSA) is 20.3 Å². The Morgan fingerprint density at radius 3 is 2.27 bits per heavy atom. The molecule has 2 heteroatoms. The Labute approximate surface area is 131 Å². The molecule has 2 bridgehead atoms. The third kappa shape index (κ3) is 2.23. The van der Waals surface area contributed by atoms with Gasteiger partial charge in [-0.2, -0.15) is 0 Å². The Morgan fingerprint density at radius 1 is 0.864 bits per heavy atom. The largest absolute Gasteiger partial charge is 0.360 e. The minimum atomic E-state index is 0.140. The second-order valence-electron chi connectivity index (χ2n) is 6.46. The highest BCUT2D eigenvalue weighted by molar-refractivity contribution is 5.85. The predicted molar refractivity (Wildman–Crippen MR) is 88.9 cm³/mol. The van der Waals surface area contributed by atoms with E-state index >= 15 is 0 Å². The van der Waals surface area contributed by atoms with E-state index in [9.17, 15) is 4.79 Å². The van der Waals surface area contributed by atoms with Crippen molar-refractivity contribution in [3.63, 3.8) is 0 Å². The molecule has 2 nitrogen and oxygen atoms in total. The zero-order valence-electron chi connectivity index (χ0n) is 12.7. The summed E-state index contributed by atoms with van der Waals surface area (Å²) in [6.07, 6.45) is 4.02. The summed E-state index contributed by atoms with van der Waals surface area (Å²) in [5.74, 6) is 0.602. The maximum absolute atomic E-state index is 12.6. The van der Waals surface area contributed by atoms with Gasteiger partial charge in [0.1, 0.15) is 5.78 Å². The quantitative estimate of drug-likeness (QED) is 0.818. The van der Waals surface area contributed by atoms with Crippen LogP contribution in [0.2, 0.25) is 0 Å². The molecular formula is C20H21NO. The van der Waals surface area contributed by atoms with E-state index < -0.39 is 0 Å². The van der Waals surface area contributed by atoms with Crippen LogP contribution in [0.15, 0.2) is 60.7 Å². The molecule has 2 aromatic carbocycles. The average molecular weight is 291 g/mol. The molecule has 1 saturated carbocycles. The van der Waals surface area contributed by atoms with Crippen LogP contribution in [0.4, 0.5) is 5.69 Å². The van der Waals surface area contributed by atoms with E-state index in [2.05, 4.69) is 59.5 Å². The number of nitrogens with zero attached hydrogens (tertiary/aromatic N) is 1. The summed E-state index contributed by atoms with van der Waals surface area (Å²) in [4.78, 5) is 15.1. The van der Waals surface area contributed by atoms with E-state index in [1.54, 1.807) is 0 Å². The highest BCUT2D eigenvalue weighted by Crippen LogP contribution is 2.46. The number of para-hydroxylation sites is 1. The molecule has 5 rings (SSSR count). The van der Waals surface area contributed by atoms with Crippen molar-refractivity contribution >= 4 is 11.5 Å². The fourth-order valence-electron chi connectivity index (χ4n) is 4.23. The molecule has 0 N–H and O–H groups in total. The molecule has 2 heterocycles. The summed E-state index contributed by atoms with van der Waals surface area (Å²) >= 11 is 0. The monoisotopic (exact) mass is 291 g/mol. The third-order valence-corrected chi connectivity index (χ3v) is 5.17. The molecule has 0 spiro atoms. The van der Waals surface area contributed by atoms with E-state index in [4.69, 9.17) is 0 Å². The lowest BCUT2D eigenvalue weighted by Gasteiger charge is -2.45. The van der Waals surface area contributed by atoms with E-state index in [0.29, 0.717) is 18.2 Å². The zero-order chi connectivity index (χ0) is 14.9. The van der Waals surface area contributed by atoms with Crippen LogP contribution in [-0.4, -0.2) is 11.8 Å². The summed E-state index contributed by atoms with van der Waals surface area (Å²) in [6, 6.07) is 21.7. The molecule has 0 radical (unpaired) electrons. The highest BCUT2D eigenvalue weighted by Gasteiger charge is 2.44. The molecule has 2 aromatic rings. The highest BCUT2D eigenvalue weighted by atomic mass is 16.1. The van der Waals surface area contributed by atoms with Crippen LogP contribution in [0, 0.1) is 5.92 Å². The first kappa shape index (κ1) is 13.6. The van der Waals surface area contributed by atoms with Gasteiger partial charge in [-0.1, -0.05) is 55.0 Å². The second-order valence-corrected chi connectivity index (χ2v) is 6.46. The summed E-state index contributed by atoms with van der Waals surface area (Å²) < 4.78 is 0. The van der Waals surface area contributed by atoms with Crippen LogP contribution in [0.5, 0.6) is 0 Å². The van der Waals surface area contributed by atoms with Crippen LogP contribution in [-0.2, 0) is 4.79 Å². The average Bonchev–Trinajstić information content (AvgIpc) is 2.87. The van der Waals surface area contributed by atoms with Gasteiger partial charge in [0, 0.05) is 24.1 Å². The summed E-state index contributed by atoms with van der Waals surface area (Å²) in [6.45, 7) is 0. The molecule has 22 heavy (non-hydrogen) atoms. The molecule has 0 amide bonds. The number of ketones is 1. The fraction of sp³-hybridized carbons (Fsp3) is 0.350. The number of carbonyl (C=O) groups is 1. The van der Waals surface area contributed by atoms with Gasteiger partial charge in [-0.05, 0) is 30.5 Å². The van der Waals surface area contributed by atoms with Gasteiger partial charge in [0.25, 0.3) is 0 Å². The predicted octanol–water partition coefficient (Wildman–Crippen LogP) is 4.38. The molecular weight excluding hydrogens is 270 g/mol. The summed E-state index contributed by atoms with van der Waals surface area (Å²) in [5.41, 5.74) is 2.53. The number of fused-ring (bicyclic) bond motifs is 4.